The van der Waals surface area contributed by atoms with Crippen molar-refractivity contribution in [1.82, 2.24) is 0 Å². The second kappa shape index (κ2) is 5.85. The topological polar surface area (TPSA) is 20.2 Å². The maximum absolute atomic E-state index is 9.08. The van der Waals surface area contributed by atoms with Crippen molar-refractivity contribution in [3.63, 3.8) is 0 Å². The van der Waals surface area contributed by atoms with Crippen molar-refractivity contribution in [2.24, 2.45) is 0 Å². The molecule has 1 nitrogen and oxygen atoms in total. The Kier molecular flexibility index (Phi) is 4.18. The maximum atomic E-state index is 9.08. The van der Waals surface area contributed by atoms with Gasteiger partial charge in [-0.15, -0.1) is 0 Å². The van der Waals surface area contributed by atoms with E-state index >= 15 is 0 Å². The van der Waals surface area contributed by atoms with Gasteiger partial charge < -0.3 is 5.11 Å². The molecule has 0 unspecified atom stereocenters. The van der Waals surface area contributed by atoms with Crippen LogP contribution in [-0.2, 0) is 6.61 Å². The molecule has 0 aliphatic carbocycles. The molecule has 2 aromatic rings. The Morgan fingerprint density at radius 2 is 1.65 bits per heavy atom. The lowest BCUT2D eigenvalue weighted by atomic mass is 10.1. The van der Waals surface area contributed by atoms with Gasteiger partial charge in [0.05, 0.1) is 6.61 Å². The fraction of sp³-hybridized carbons (Fsp3) is 0.0667. The summed E-state index contributed by atoms with van der Waals surface area (Å²) < 4.78 is 1.05. The van der Waals surface area contributed by atoms with Crippen LogP contribution in [0.4, 0.5) is 0 Å². The smallest absolute Gasteiger partial charge is 0.0692 e. The summed E-state index contributed by atoms with van der Waals surface area (Å²) in [5.74, 6) is 6.23. The van der Waals surface area contributed by atoms with E-state index in [1.54, 1.807) is 0 Å². The van der Waals surface area contributed by atoms with E-state index in [1.165, 1.54) is 0 Å². The fourth-order valence-corrected chi connectivity index (χ4v) is 2.10. The van der Waals surface area contributed by atoms with Gasteiger partial charge in [-0.2, -0.15) is 0 Å². The van der Waals surface area contributed by atoms with Gasteiger partial charge >= 0.3 is 0 Å². The highest BCUT2D eigenvalue weighted by molar-refractivity contribution is 14.1. The van der Waals surface area contributed by atoms with Crippen LogP contribution in [0.3, 0.4) is 0 Å². The van der Waals surface area contributed by atoms with E-state index in [4.69, 9.17) is 5.11 Å². The van der Waals surface area contributed by atoms with Crippen LogP contribution in [0.25, 0.3) is 0 Å². The zero-order valence-corrected chi connectivity index (χ0v) is 11.3. The Hall–Kier alpha value is -1.31. The number of aliphatic hydroxyl groups excluding tert-OH is 1. The van der Waals surface area contributed by atoms with Gasteiger partial charge in [0.1, 0.15) is 0 Å². The largest absolute Gasteiger partial charge is 0.392 e. The predicted octanol–water partition coefficient (Wildman–Crippen LogP) is 3.18. The molecule has 0 amide bonds. The van der Waals surface area contributed by atoms with E-state index in [2.05, 4.69) is 34.4 Å². The van der Waals surface area contributed by atoms with E-state index < -0.39 is 0 Å². The average Bonchev–Trinajstić information content (AvgIpc) is 2.38. The Labute approximate surface area is 115 Å². The molecule has 0 aromatic heterocycles. The third-order valence-corrected chi connectivity index (χ3v) is 3.35. The molecule has 2 heteroatoms. The SMILES string of the molecule is OCc1ccc(C#Cc2ccccc2)cc1I. The van der Waals surface area contributed by atoms with Crippen molar-refractivity contribution in [1.29, 1.82) is 0 Å². The Morgan fingerprint density at radius 1 is 0.941 bits per heavy atom. The zero-order chi connectivity index (χ0) is 12.1. The number of benzene rings is 2. The molecule has 2 aromatic carbocycles. The average molecular weight is 334 g/mol. The number of hydrogen-bond acceptors (Lipinski definition) is 1. The van der Waals surface area contributed by atoms with Gasteiger partial charge in [0.2, 0.25) is 0 Å². The van der Waals surface area contributed by atoms with Gasteiger partial charge in [-0.05, 0) is 52.4 Å². The first kappa shape index (κ1) is 12.2. The minimum Gasteiger partial charge on any atom is -0.392 e. The summed E-state index contributed by atoms with van der Waals surface area (Å²) >= 11 is 2.21. The molecule has 0 fully saturated rings. The molecule has 84 valence electrons. The third kappa shape index (κ3) is 3.32. The van der Waals surface area contributed by atoms with Crippen LogP contribution in [-0.4, -0.2) is 5.11 Å². The molecule has 0 heterocycles. The second-order valence-electron chi connectivity index (χ2n) is 3.58. The highest BCUT2D eigenvalue weighted by Crippen LogP contribution is 2.14. The van der Waals surface area contributed by atoms with Crippen molar-refractivity contribution in [3.05, 3.63) is 68.8 Å². The van der Waals surface area contributed by atoms with E-state index in [0.29, 0.717) is 0 Å². The highest BCUT2D eigenvalue weighted by atomic mass is 127. The van der Waals surface area contributed by atoms with Crippen molar-refractivity contribution in [2.75, 3.05) is 0 Å². The summed E-state index contributed by atoms with van der Waals surface area (Å²) in [5, 5.41) is 9.08. The molecule has 0 atom stereocenters. The Balaban J connectivity index is 2.26. The molecule has 0 radical (unpaired) electrons. The zero-order valence-electron chi connectivity index (χ0n) is 9.15. The summed E-state index contributed by atoms with van der Waals surface area (Å²) in [6, 6.07) is 15.7. The number of hydrogen-bond donors (Lipinski definition) is 1. The third-order valence-electron chi connectivity index (χ3n) is 2.35. The summed E-state index contributed by atoms with van der Waals surface area (Å²) in [4.78, 5) is 0. The maximum Gasteiger partial charge on any atom is 0.0692 e. The summed E-state index contributed by atoms with van der Waals surface area (Å²) in [7, 11) is 0. The molecule has 0 saturated carbocycles. The molecule has 2 rings (SSSR count). The van der Waals surface area contributed by atoms with Gasteiger partial charge in [0.25, 0.3) is 0 Å². The van der Waals surface area contributed by atoms with Crippen molar-refractivity contribution in [3.8, 4) is 11.8 Å². The van der Waals surface area contributed by atoms with Gasteiger partial charge in [0.15, 0.2) is 0 Å². The van der Waals surface area contributed by atoms with Crippen LogP contribution in [0, 0.1) is 15.4 Å². The standard InChI is InChI=1S/C15H11IO/c16-15-10-13(8-9-14(15)11-17)7-6-12-4-2-1-3-5-12/h1-5,8-10,17H,11H2. The fourth-order valence-electron chi connectivity index (χ4n) is 1.42. The molecular weight excluding hydrogens is 323 g/mol. The molecule has 0 saturated heterocycles. The molecule has 1 N–H and O–H groups in total. The van der Waals surface area contributed by atoms with Crippen LogP contribution < -0.4 is 0 Å². The first-order valence-corrected chi connectivity index (χ1v) is 6.34. The van der Waals surface area contributed by atoms with Gasteiger partial charge in [-0.1, -0.05) is 36.1 Å². The van der Waals surface area contributed by atoms with Crippen molar-refractivity contribution < 1.29 is 5.11 Å². The molecular formula is C15H11IO. The lowest BCUT2D eigenvalue weighted by molar-refractivity contribution is 0.281. The first-order valence-electron chi connectivity index (χ1n) is 5.26. The second-order valence-corrected chi connectivity index (χ2v) is 4.74. The van der Waals surface area contributed by atoms with Crippen molar-refractivity contribution in [2.45, 2.75) is 6.61 Å². The lowest BCUT2D eigenvalue weighted by Gasteiger charge is -2.00. The lowest BCUT2D eigenvalue weighted by Crippen LogP contribution is -1.88. The number of aliphatic hydroxyl groups is 1. The minimum atomic E-state index is 0.0741. The summed E-state index contributed by atoms with van der Waals surface area (Å²) in [6.07, 6.45) is 0. The highest BCUT2D eigenvalue weighted by Gasteiger charge is 1.98. The van der Waals surface area contributed by atoms with Crippen LogP contribution in [0.5, 0.6) is 0 Å². The predicted molar refractivity (Wildman–Crippen MR) is 77.5 cm³/mol. The molecule has 0 bridgehead atoms. The molecule has 17 heavy (non-hydrogen) atoms. The minimum absolute atomic E-state index is 0.0741. The van der Waals surface area contributed by atoms with Crippen molar-refractivity contribution >= 4 is 22.6 Å². The van der Waals surface area contributed by atoms with Crippen LogP contribution in [0.1, 0.15) is 16.7 Å². The monoisotopic (exact) mass is 334 g/mol. The number of halogens is 1. The Morgan fingerprint density at radius 3 is 2.29 bits per heavy atom. The van der Waals surface area contributed by atoms with Gasteiger partial charge in [-0.3, -0.25) is 0 Å². The van der Waals surface area contributed by atoms with E-state index in [0.717, 1.165) is 20.3 Å². The van der Waals surface area contributed by atoms with Gasteiger partial charge in [-0.25, -0.2) is 0 Å². The van der Waals surface area contributed by atoms with E-state index in [9.17, 15) is 0 Å². The summed E-state index contributed by atoms with van der Waals surface area (Å²) in [5.41, 5.74) is 2.92. The normalized spacial score (nSPS) is 9.53. The molecule has 0 spiro atoms. The Bertz CT molecular complexity index is 564. The van der Waals surface area contributed by atoms with Crippen LogP contribution >= 0.6 is 22.6 Å². The van der Waals surface area contributed by atoms with Crippen LogP contribution in [0.15, 0.2) is 48.5 Å². The van der Waals surface area contributed by atoms with E-state index in [-0.39, 0.29) is 6.61 Å². The summed E-state index contributed by atoms with van der Waals surface area (Å²) in [6.45, 7) is 0.0741. The molecule has 0 aliphatic heterocycles. The van der Waals surface area contributed by atoms with E-state index in [1.807, 2.05) is 48.5 Å². The van der Waals surface area contributed by atoms with Gasteiger partial charge in [0, 0.05) is 14.7 Å². The molecule has 0 aliphatic rings. The first-order chi connectivity index (χ1) is 8.29. The van der Waals surface area contributed by atoms with Crippen LogP contribution in [0.2, 0.25) is 0 Å². The number of rotatable bonds is 1. The quantitative estimate of drug-likeness (QED) is 0.627.